The van der Waals surface area contributed by atoms with Crippen molar-refractivity contribution in [2.24, 2.45) is 13.0 Å². The van der Waals surface area contributed by atoms with Crippen LogP contribution in [0.4, 0.5) is 0 Å². The van der Waals surface area contributed by atoms with Crippen molar-refractivity contribution in [3.63, 3.8) is 0 Å². The van der Waals surface area contributed by atoms with Crippen LogP contribution in [0.25, 0.3) is 10.9 Å². The number of benzene rings is 1. The Kier molecular flexibility index (Phi) is 4.18. The zero-order valence-electron chi connectivity index (χ0n) is 12.3. The molecule has 0 saturated heterocycles. The first-order valence-electron chi connectivity index (χ1n) is 7.60. The number of halogens is 1. The lowest BCUT2D eigenvalue weighted by molar-refractivity contribution is 0.273. The van der Waals surface area contributed by atoms with Gasteiger partial charge in [-0.3, -0.25) is 0 Å². The van der Waals surface area contributed by atoms with Crippen molar-refractivity contribution in [3.05, 3.63) is 34.4 Å². The Morgan fingerprint density at radius 1 is 1.30 bits per heavy atom. The first-order chi connectivity index (χ1) is 9.69. The van der Waals surface area contributed by atoms with Crippen molar-refractivity contribution in [1.29, 1.82) is 0 Å². The second-order valence-electron chi connectivity index (χ2n) is 6.07. The molecule has 0 radical (unpaired) electrons. The number of rotatable bonds is 3. The molecule has 1 aromatic heterocycles. The zero-order valence-corrected chi connectivity index (χ0v) is 13.9. The van der Waals surface area contributed by atoms with Crippen LogP contribution in [0, 0.1) is 5.92 Å². The summed E-state index contributed by atoms with van der Waals surface area (Å²) in [6.45, 7) is 0. The highest BCUT2D eigenvalue weighted by atomic mass is 79.9. The summed E-state index contributed by atoms with van der Waals surface area (Å²) in [5.74, 6) is 0.776. The smallest absolute Gasteiger partial charge is 0.0481 e. The van der Waals surface area contributed by atoms with Gasteiger partial charge >= 0.3 is 0 Å². The molecule has 2 unspecified atom stereocenters. The van der Waals surface area contributed by atoms with E-state index in [0.717, 1.165) is 5.92 Å². The van der Waals surface area contributed by atoms with Gasteiger partial charge in [0.1, 0.15) is 0 Å². The third kappa shape index (κ3) is 2.66. The molecular formula is C17H23BrN2. The van der Waals surface area contributed by atoms with Crippen molar-refractivity contribution in [2.45, 2.75) is 38.1 Å². The van der Waals surface area contributed by atoms with Crippen LogP contribution in [0.2, 0.25) is 0 Å². The normalized spacial score (nSPS) is 23.4. The molecule has 2 atom stereocenters. The zero-order chi connectivity index (χ0) is 14.1. The van der Waals surface area contributed by atoms with E-state index in [-0.39, 0.29) is 0 Å². The number of aryl methyl sites for hydroxylation is 1. The van der Waals surface area contributed by atoms with Gasteiger partial charge in [-0.2, -0.15) is 0 Å². The van der Waals surface area contributed by atoms with Gasteiger partial charge in [0.05, 0.1) is 0 Å². The Morgan fingerprint density at radius 2 is 2.10 bits per heavy atom. The van der Waals surface area contributed by atoms with Gasteiger partial charge in [-0.05, 0) is 56.0 Å². The second-order valence-corrected chi connectivity index (χ2v) is 6.99. The summed E-state index contributed by atoms with van der Waals surface area (Å²) >= 11 is 3.60. The van der Waals surface area contributed by atoms with Crippen molar-refractivity contribution >= 4 is 26.8 Å². The number of fused-ring (bicyclic) bond motifs is 1. The van der Waals surface area contributed by atoms with Crippen LogP contribution in [0.3, 0.4) is 0 Å². The molecule has 0 spiro atoms. The highest BCUT2D eigenvalue weighted by Crippen LogP contribution is 2.31. The molecule has 1 fully saturated rings. The van der Waals surface area contributed by atoms with E-state index in [0.29, 0.717) is 6.04 Å². The molecule has 3 heteroatoms. The maximum Gasteiger partial charge on any atom is 0.0481 e. The summed E-state index contributed by atoms with van der Waals surface area (Å²) in [4.78, 5) is 0. The Morgan fingerprint density at radius 3 is 2.90 bits per heavy atom. The minimum absolute atomic E-state index is 0.686. The van der Waals surface area contributed by atoms with E-state index in [2.05, 4.69) is 64.3 Å². The SMILES string of the molecule is CNC1CCCCC1Cc1cn(C)c2ccc(Br)cc12. The summed E-state index contributed by atoms with van der Waals surface area (Å²) in [6.07, 6.45) is 8.96. The van der Waals surface area contributed by atoms with Crippen LogP contribution < -0.4 is 5.32 Å². The Hall–Kier alpha value is -0.800. The average molecular weight is 335 g/mol. The van der Waals surface area contributed by atoms with Crippen LogP contribution in [0.1, 0.15) is 31.2 Å². The number of nitrogens with one attached hydrogen (secondary N) is 1. The van der Waals surface area contributed by atoms with Crippen LogP contribution in [0.15, 0.2) is 28.9 Å². The number of aromatic nitrogens is 1. The number of hydrogen-bond acceptors (Lipinski definition) is 1. The lowest BCUT2D eigenvalue weighted by Gasteiger charge is -2.31. The third-order valence-corrected chi connectivity index (χ3v) is 5.29. The Labute approximate surface area is 129 Å². The molecule has 1 aliphatic carbocycles. The van der Waals surface area contributed by atoms with E-state index in [9.17, 15) is 0 Å². The Bertz CT molecular complexity index is 602. The van der Waals surface area contributed by atoms with Gasteiger partial charge in [-0.25, -0.2) is 0 Å². The van der Waals surface area contributed by atoms with Crippen LogP contribution in [-0.4, -0.2) is 17.7 Å². The highest BCUT2D eigenvalue weighted by Gasteiger charge is 2.24. The highest BCUT2D eigenvalue weighted by molar-refractivity contribution is 9.10. The summed E-state index contributed by atoms with van der Waals surface area (Å²) in [5.41, 5.74) is 2.83. The van der Waals surface area contributed by atoms with Crippen LogP contribution >= 0.6 is 15.9 Å². The van der Waals surface area contributed by atoms with Crippen molar-refractivity contribution < 1.29 is 0 Å². The molecule has 1 aromatic carbocycles. The topological polar surface area (TPSA) is 17.0 Å². The first-order valence-corrected chi connectivity index (χ1v) is 8.39. The second kappa shape index (κ2) is 5.90. The maximum absolute atomic E-state index is 3.60. The molecule has 1 saturated carbocycles. The molecule has 1 aliphatic rings. The van der Waals surface area contributed by atoms with Gasteiger partial charge in [0.25, 0.3) is 0 Å². The van der Waals surface area contributed by atoms with Crippen molar-refractivity contribution in [3.8, 4) is 0 Å². The predicted octanol–water partition coefficient (Wildman–Crippen LogP) is 4.26. The fraction of sp³-hybridized carbons (Fsp3) is 0.529. The van der Waals surface area contributed by atoms with Crippen molar-refractivity contribution in [1.82, 2.24) is 9.88 Å². The van der Waals surface area contributed by atoms with Gasteiger partial charge in [-0.15, -0.1) is 0 Å². The molecule has 0 amide bonds. The molecule has 0 bridgehead atoms. The van der Waals surface area contributed by atoms with Gasteiger partial charge in [0.15, 0.2) is 0 Å². The first kappa shape index (κ1) is 14.2. The summed E-state index contributed by atoms with van der Waals surface area (Å²) in [5, 5.41) is 4.93. The monoisotopic (exact) mass is 334 g/mol. The minimum Gasteiger partial charge on any atom is -0.350 e. The van der Waals surface area contributed by atoms with Crippen LogP contribution in [0.5, 0.6) is 0 Å². The number of hydrogen-bond donors (Lipinski definition) is 1. The van der Waals surface area contributed by atoms with E-state index >= 15 is 0 Å². The van der Waals surface area contributed by atoms with E-state index in [1.807, 2.05) is 0 Å². The number of nitrogens with zero attached hydrogens (tertiary/aromatic N) is 1. The van der Waals surface area contributed by atoms with E-state index in [1.54, 1.807) is 0 Å². The Balaban J connectivity index is 1.92. The third-order valence-electron chi connectivity index (χ3n) is 4.80. The van der Waals surface area contributed by atoms with Crippen molar-refractivity contribution in [2.75, 3.05) is 7.05 Å². The quantitative estimate of drug-likeness (QED) is 0.887. The lowest BCUT2D eigenvalue weighted by Crippen LogP contribution is -2.37. The summed E-state index contributed by atoms with van der Waals surface area (Å²) in [6, 6.07) is 7.29. The minimum atomic E-state index is 0.686. The predicted molar refractivity (Wildman–Crippen MR) is 89.1 cm³/mol. The molecule has 20 heavy (non-hydrogen) atoms. The molecule has 0 aliphatic heterocycles. The van der Waals surface area contributed by atoms with E-state index in [4.69, 9.17) is 0 Å². The van der Waals surface area contributed by atoms with E-state index < -0.39 is 0 Å². The molecule has 3 rings (SSSR count). The molecule has 108 valence electrons. The fourth-order valence-corrected chi connectivity index (χ4v) is 4.08. The summed E-state index contributed by atoms with van der Waals surface area (Å²) in [7, 11) is 4.26. The largest absolute Gasteiger partial charge is 0.350 e. The molecule has 1 heterocycles. The average Bonchev–Trinajstić information content (AvgIpc) is 2.75. The van der Waals surface area contributed by atoms with E-state index in [1.165, 1.54) is 53.0 Å². The molecule has 1 N–H and O–H groups in total. The van der Waals surface area contributed by atoms with Gasteiger partial charge in [0, 0.05) is 34.7 Å². The van der Waals surface area contributed by atoms with Crippen LogP contribution in [-0.2, 0) is 13.5 Å². The standard InChI is InChI=1S/C17H23BrN2/c1-19-16-6-4-3-5-12(16)9-13-11-20(2)17-8-7-14(18)10-15(13)17/h7-8,10-12,16,19H,3-6,9H2,1-2H3. The molecule has 2 aromatic rings. The molecule has 2 nitrogen and oxygen atoms in total. The lowest BCUT2D eigenvalue weighted by atomic mass is 9.81. The summed E-state index contributed by atoms with van der Waals surface area (Å²) < 4.78 is 3.43. The molecular weight excluding hydrogens is 312 g/mol. The van der Waals surface area contributed by atoms with Gasteiger partial charge in [0.2, 0.25) is 0 Å². The van der Waals surface area contributed by atoms with Gasteiger partial charge in [-0.1, -0.05) is 28.8 Å². The van der Waals surface area contributed by atoms with Gasteiger partial charge < -0.3 is 9.88 Å². The fourth-order valence-electron chi connectivity index (χ4n) is 3.72. The maximum atomic E-state index is 3.60.